The van der Waals surface area contributed by atoms with Crippen molar-refractivity contribution in [1.82, 2.24) is 0 Å². The Morgan fingerprint density at radius 1 is 1.09 bits per heavy atom. The number of amides is 2. The molecule has 120 valence electrons. The summed E-state index contributed by atoms with van der Waals surface area (Å²) in [5, 5.41) is 0. The van der Waals surface area contributed by atoms with Crippen molar-refractivity contribution in [3.05, 3.63) is 59.7 Å². The number of carbonyl (C=O) groups is 2. The minimum Gasteiger partial charge on any atom is -0.452 e. The number of para-hydroxylation sites is 1. The molecular weight excluding hydrogens is 296 g/mol. The van der Waals surface area contributed by atoms with Crippen LogP contribution in [0.3, 0.4) is 0 Å². The van der Waals surface area contributed by atoms with Gasteiger partial charge in [0.2, 0.25) is 0 Å². The number of methoxy groups -OCH3 is 1. The fourth-order valence-electron chi connectivity index (χ4n) is 2.20. The Labute approximate surface area is 134 Å². The van der Waals surface area contributed by atoms with E-state index in [1.807, 2.05) is 36.4 Å². The standard InChI is InChI=1S/C17H18N2O4/c1-12-13(7-6-10-15(12)23-16(18)20)11-19(17(21)22-2)14-8-4-3-5-9-14/h3-10H,11H2,1-2H3,(H2,18,20). The third-order valence-corrected chi connectivity index (χ3v) is 3.40. The van der Waals surface area contributed by atoms with Gasteiger partial charge in [0.05, 0.1) is 13.7 Å². The lowest BCUT2D eigenvalue weighted by Gasteiger charge is -2.22. The van der Waals surface area contributed by atoms with Crippen molar-refractivity contribution >= 4 is 17.9 Å². The van der Waals surface area contributed by atoms with Gasteiger partial charge in [0, 0.05) is 5.69 Å². The summed E-state index contributed by atoms with van der Waals surface area (Å²) in [7, 11) is 1.33. The quantitative estimate of drug-likeness (QED) is 0.939. The van der Waals surface area contributed by atoms with E-state index in [-0.39, 0.29) is 6.54 Å². The lowest BCUT2D eigenvalue weighted by Crippen LogP contribution is -2.30. The zero-order valence-electron chi connectivity index (χ0n) is 13.0. The van der Waals surface area contributed by atoms with Gasteiger partial charge in [0.15, 0.2) is 0 Å². The molecule has 0 bridgehead atoms. The first-order valence-corrected chi connectivity index (χ1v) is 6.99. The topological polar surface area (TPSA) is 81.9 Å². The van der Waals surface area contributed by atoms with Gasteiger partial charge in [0.25, 0.3) is 0 Å². The van der Waals surface area contributed by atoms with Gasteiger partial charge in [-0.3, -0.25) is 4.90 Å². The summed E-state index contributed by atoms with van der Waals surface area (Å²) >= 11 is 0. The highest BCUT2D eigenvalue weighted by atomic mass is 16.5. The Kier molecular flexibility index (Phi) is 5.19. The van der Waals surface area contributed by atoms with Crippen molar-refractivity contribution in [2.75, 3.05) is 12.0 Å². The summed E-state index contributed by atoms with van der Waals surface area (Å²) in [6.45, 7) is 2.08. The molecular formula is C17H18N2O4. The fourth-order valence-corrected chi connectivity index (χ4v) is 2.20. The van der Waals surface area contributed by atoms with Gasteiger partial charge in [-0.25, -0.2) is 9.59 Å². The van der Waals surface area contributed by atoms with Crippen LogP contribution < -0.4 is 15.4 Å². The molecule has 2 aromatic carbocycles. The molecule has 0 aliphatic rings. The highest BCUT2D eigenvalue weighted by Gasteiger charge is 2.18. The Bertz CT molecular complexity index is 701. The highest BCUT2D eigenvalue weighted by molar-refractivity contribution is 5.87. The molecule has 0 radical (unpaired) electrons. The molecule has 2 rings (SSSR count). The van der Waals surface area contributed by atoms with Crippen molar-refractivity contribution in [1.29, 1.82) is 0 Å². The van der Waals surface area contributed by atoms with Crippen LogP contribution in [0.4, 0.5) is 15.3 Å². The summed E-state index contributed by atoms with van der Waals surface area (Å²) < 4.78 is 9.82. The van der Waals surface area contributed by atoms with Crippen molar-refractivity contribution < 1.29 is 19.1 Å². The van der Waals surface area contributed by atoms with Gasteiger partial charge in [0.1, 0.15) is 5.75 Å². The van der Waals surface area contributed by atoms with E-state index in [1.165, 1.54) is 12.0 Å². The number of hydrogen-bond donors (Lipinski definition) is 1. The summed E-state index contributed by atoms with van der Waals surface area (Å²) in [4.78, 5) is 24.5. The number of benzene rings is 2. The molecule has 23 heavy (non-hydrogen) atoms. The lowest BCUT2D eigenvalue weighted by atomic mass is 10.1. The number of anilines is 1. The van der Waals surface area contributed by atoms with Crippen molar-refractivity contribution in [2.24, 2.45) is 5.73 Å². The predicted octanol–water partition coefficient (Wildman–Crippen LogP) is 3.23. The maximum Gasteiger partial charge on any atom is 0.414 e. The molecule has 2 amide bonds. The van der Waals surface area contributed by atoms with Crippen LogP contribution in [0.5, 0.6) is 5.75 Å². The first-order valence-electron chi connectivity index (χ1n) is 6.99. The van der Waals surface area contributed by atoms with Crippen LogP contribution >= 0.6 is 0 Å². The molecule has 0 aliphatic carbocycles. The number of nitrogens with two attached hydrogens (primary N) is 1. The second kappa shape index (κ2) is 7.31. The minimum absolute atomic E-state index is 0.276. The lowest BCUT2D eigenvalue weighted by molar-refractivity contribution is 0.178. The molecule has 0 unspecified atom stereocenters. The summed E-state index contributed by atoms with van der Waals surface area (Å²) in [5.74, 6) is 0.368. The first kappa shape index (κ1) is 16.4. The normalized spacial score (nSPS) is 10.0. The van der Waals surface area contributed by atoms with Gasteiger partial charge in [-0.15, -0.1) is 0 Å². The Morgan fingerprint density at radius 3 is 2.39 bits per heavy atom. The molecule has 6 heteroatoms. The van der Waals surface area contributed by atoms with Gasteiger partial charge in [-0.2, -0.15) is 0 Å². The second-order valence-corrected chi connectivity index (χ2v) is 4.85. The number of rotatable bonds is 4. The summed E-state index contributed by atoms with van der Waals surface area (Å²) in [6.07, 6.45) is -1.35. The third kappa shape index (κ3) is 4.00. The van der Waals surface area contributed by atoms with Crippen LogP contribution in [-0.4, -0.2) is 19.3 Å². The van der Waals surface area contributed by atoms with Gasteiger partial charge in [-0.1, -0.05) is 30.3 Å². The van der Waals surface area contributed by atoms with Crippen molar-refractivity contribution in [3.63, 3.8) is 0 Å². The van der Waals surface area contributed by atoms with E-state index in [0.717, 1.165) is 11.1 Å². The van der Waals surface area contributed by atoms with E-state index in [9.17, 15) is 9.59 Å². The zero-order chi connectivity index (χ0) is 16.8. The number of carbonyl (C=O) groups excluding carboxylic acids is 2. The molecule has 0 fully saturated rings. The maximum atomic E-state index is 12.1. The second-order valence-electron chi connectivity index (χ2n) is 4.85. The number of primary amides is 1. The molecule has 6 nitrogen and oxygen atoms in total. The summed E-state index contributed by atoms with van der Waals surface area (Å²) in [6, 6.07) is 14.4. The van der Waals surface area contributed by atoms with E-state index in [2.05, 4.69) is 0 Å². The van der Waals surface area contributed by atoms with Crippen LogP contribution in [0.25, 0.3) is 0 Å². The number of nitrogens with zero attached hydrogens (tertiary/aromatic N) is 1. The van der Waals surface area contributed by atoms with E-state index in [4.69, 9.17) is 15.2 Å². The zero-order valence-corrected chi connectivity index (χ0v) is 13.0. The smallest absolute Gasteiger partial charge is 0.414 e. The van der Waals surface area contributed by atoms with Gasteiger partial charge in [-0.05, 0) is 36.2 Å². The van der Waals surface area contributed by atoms with E-state index in [1.54, 1.807) is 19.1 Å². The molecule has 2 N–H and O–H groups in total. The molecule has 0 aliphatic heterocycles. The van der Waals surface area contributed by atoms with Crippen LogP contribution in [0.15, 0.2) is 48.5 Å². The molecule has 0 heterocycles. The van der Waals surface area contributed by atoms with E-state index < -0.39 is 12.2 Å². The molecule has 0 spiro atoms. The average molecular weight is 314 g/mol. The van der Waals surface area contributed by atoms with Crippen LogP contribution in [0.1, 0.15) is 11.1 Å². The minimum atomic E-state index is -0.877. The average Bonchev–Trinajstić information content (AvgIpc) is 2.55. The van der Waals surface area contributed by atoms with E-state index >= 15 is 0 Å². The monoisotopic (exact) mass is 314 g/mol. The maximum absolute atomic E-state index is 12.1. The van der Waals surface area contributed by atoms with Crippen LogP contribution in [-0.2, 0) is 11.3 Å². The molecule has 2 aromatic rings. The van der Waals surface area contributed by atoms with Gasteiger partial charge >= 0.3 is 12.2 Å². The van der Waals surface area contributed by atoms with Crippen molar-refractivity contribution in [2.45, 2.75) is 13.5 Å². The SMILES string of the molecule is COC(=O)N(Cc1cccc(OC(N)=O)c1C)c1ccccc1. The van der Waals surface area contributed by atoms with Gasteiger partial charge < -0.3 is 15.2 Å². The molecule has 0 saturated heterocycles. The van der Waals surface area contributed by atoms with Crippen molar-refractivity contribution in [3.8, 4) is 5.75 Å². The summed E-state index contributed by atoms with van der Waals surface area (Å²) in [5.41, 5.74) is 7.32. The Morgan fingerprint density at radius 2 is 1.78 bits per heavy atom. The molecule has 0 aromatic heterocycles. The van der Waals surface area contributed by atoms with Crippen LogP contribution in [0, 0.1) is 6.92 Å². The Hall–Kier alpha value is -3.02. The fraction of sp³-hybridized carbons (Fsp3) is 0.176. The number of ether oxygens (including phenoxy) is 2. The number of hydrogen-bond acceptors (Lipinski definition) is 4. The van der Waals surface area contributed by atoms with E-state index in [0.29, 0.717) is 11.4 Å². The van der Waals surface area contributed by atoms with Crippen LogP contribution in [0.2, 0.25) is 0 Å². The third-order valence-electron chi connectivity index (χ3n) is 3.40. The first-order chi connectivity index (χ1) is 11.0. The largest absolute Gasteiger partial charge is 0.452 e. The highest BCUT2D eigenvalue weighted by Crippen LogP contribution is 2.25. The molecule has 0 saturated carbocycles. The molecule has 0 atom stereocenters. The Balaban J connectivity index is 2.34. The predicted molar refractivity (Wildman–Crippen MR) is 86.4 cm³/mol.